The second kappa shape index (κ2) is 10.3. The Kier molecular flexibility index (Phi) is 6.63. The summed E-state index contributed by atoms with van der Waals surface area (Å²) < 4.78 is 64.3. The molecule has 0 unspecified atom stereocenters. The molecule has 2 aromatic carbocycles. The number of rotatable bonds is 6. The minimum atomic E-state index is -3.74. The molecule has 4 aromatic heterocycles. The summed E-state index contributed by atoms with van der Waals surface area (Å²) in [5, 5.41) is 0.941. The van der Waals surface area contributed by atoms with Crippen molar-refractivity contribution in [2.45, 2.75) is 33.2 Å². The van der Waals surface area contributed by atoms with Gasteiger partial charge in [0.15, 0.2) is 5.78 Å². The zero-order chi connectivity index (χ0) is 31.8. The Balaban J connectivity index is 1.50. The Morgan fingerprint density at radius 1 is 1.07 bits per heavy atom. The average molecular weight is 627 g/mol. The number of Topliss-reactive ketones (excluding diaryl/α,β-unsaturated/α-hetero) is 1. The normalized spacial score (nSPS) is 12.8. The maximum absolute atomic E-state index is 14.7. The van der Waals surface area contributed by atoms with Crippen LogP contribution >= 0.6 is 0 Å². The van der Waals surface area contributed by atoms with Crippen LogP contribution in [0.4, 0.5) is 14.5 Å². The lowest BCUT2D eigenvalue weighted by molar-refractivity contribution is 0.0989. The number of sulfonamides is 1. The van der Waals surface area contributed by atoms with Gasteiger partial charge in [0.25, 0.3) is 0 Å². The van der Waals surface area contributed by atoms with Crippen LogP contribution in [0.5, 0.6) is 0 Å². The topological polar surface area (TPSA) is 98.3 Å². The number of carbonyl (C=O) groups is 1. The van der Waals surface area contributed by atoms with Gasteiger partial charge in [-0.05, 0) is 55.3 Å². The summed E-state index contributed by atoms with van der Waals surface area (Å²) in [7, 11) is -2.31. The van der Waals surface area contributed by atoms with Crippen molar-refractivity contribution in [2.24, 2.45) is 0 Å². The number of anilines is 1. The Hall–Kier alpha value is -4.90. The maximum Gasteiger partial charge on any atom is 0.232 e. The molecule has 11 heteroatoms. The summed E-state index contributed by atoms with van der Waals surface area (Å²) in [5.74, 6) is -0.943. The number of furan rings is 1. The molecule has 0 N–H and O–H groups in total. The number of aromatic nitrogens is 3. The van der Waals surface area contributed by atoms with Crippen LogP contribution in [0, 0.1) is 18.6 Å². The molecular formula is C34H28F2N4O4S. The standard InChI is InChI=1S/C34H28F2N4O4S/c1-5-30(41)32-23-14-22(26-10-9-19-11-12-40-27-8-6-7-24(35)21(27)15-29(40)33(19)38-26)28(39(3)45(4,42)43)16-31(23)44-34(32)20-13-25(36)18(2)37-17-20/h6-10,13-17H,5,11-12H2,1-4H3. The van der Waals surface area contributed by atoms with E-state index in [1.54, 1.807) is 31.2 Å². The quantitative estimate of drug-likeness (QED) is 0.180. The van der Waals surface area contributed by atoms with E-state index in [9.17, 15) is 22.0 Å². The molecule has 6 aromatic rings. The SMILES string of the molecule is CCC(=O)c1c(-c2cnc(C)c(F)c2)oc2cc(N(C)S(C)(=O)=O)c(-c3ccc4c(n3)-c3cc5c(F)cccc5n3CC4)cc12. The highest BCUT2D eigenvalue weighted by Gasteiger charge is 2.28. The number of hydrogen-bond acceptors (Lipinski definition) is 6. The van der Waals surface area contributed by atoms with Crippen molar-refractivity contribution in [3.05, 3.63) is 89.2 Å². The van der Waals surface area contributed by atoms with Gasteiger partial charge in [-0.3, -0.25) is 14.1 Å². The molecule has 1 aliphatic heterocycles. The van der Waals surface area contributed by atoms with E-state index < -0.39 is 15.8 Å². The number of aryl methyl sites for hydroxylation is 3. The first-order valence-corrected chi connectivity index (χ1v) is 16.3. The summed E-state index contributed by atoms with van der Waals surface area (Å²) in [5.41, 5.74) is 5.38. The van der Waals surface area contributed by atoms with Gasteiger partial charge in [0.2, 0.25) is 10.0 Å². The Labute approximate surface area is 258 Å². The lowest BCUT2D eigenvalue weighted by Crippen LogP contribution is -2.25. The van der Waals surface area contributed by atoms with Gasteiger partial charge >= 0.3 is 0 Å². The number of pyridine rings is 2. The number of halogens is 2. The van der Waals surface area contributed by atoms with Crippen molar-refractivity contribution in [1.29, 1.82) is 0 Å². The largest absolute Gasteiger partial charge is 0.455 e. The third-order valence-electron chi connectivity index (χ3n) is 8.53. The van der Waals surface area contributed by atoms with Gasteiger partial charge < -0.3 is 8.98 Å². The minimum Gasteiger partial charge on any atom is -0.455 e. The molecule has 1 aliphatic rings. The van der Waals surface area contributed by atoms with Crippen LogP contribution in [-0.4, -0.2) is 42.0 Å². The van der Waals surface area contributed by atoms with Crippen LogP contribution in [0.2, 0.25) is 0 Å². The number of carbonyl (C=O) groups excluding carboxylic acids is 1. The minimum absolute atomic E-state index is 0.151. The van der Waals surface area contributed by atoms with E-state index in [4.69, 9.17) is 9.40 Å². The molecule has 0 saturated carbocycles. The van der Waals surface area contributed by atoms with E-state index >= 15 is 0 Å². The molecule has 0 amide bonds. The van der Waals surface area contributed by atoms with Gasteiger partial charge in [0, 0.05) is 54.2 Å². The maximum atomic E-state index is 14.7. The second-order valence-corrected chi connectivity index (χ2v) is 13.3. The highest BCUT2D eigenvalue weighted by molar-refractivity contribution is 7.92. The van der Waals surface area contributed by atoms with Gasteiger partial charge in [-0.25, -0.2) is 22.2 Å². The van der Waals surface area contributed by atoms with Crippen LogP contribution < -0.4 is 4.31 Å². The van der Waals surface area contributed by atoms with Gasteiger partial charge in [-0.15, -0.1) is 0 Å². The first kappa shape index (κ1) is 28.8. The smallest absolute Gasteiger partial charge is 0.232 e. The lowest BCUT2D eigenvalue weighted by Gasteiger charge is -2.23. The molecule has 0 radical (unpaired) electrons. The first-order valence-electron chi connectivity index (χ1n) is 14.4. The van der Waals surface area contributed by atoms with Crippen molar-refractivity contribution in [3.8, 4) is 34.0 Å². The van der Waals surface area contributed by atoms with Crippen molar-refractivity contribution in [3.63, 3.8) is 0 Å². The Morgan fingerprint density at radius 3 is 2.60 bits per heavy atom. The van der Waals surface area contributed by atoms with Crippen molar-refractivity contribution < 1.29 is 26.4 Å². The Bertz CT molecular complexity index is 2320. The third-order valence-corrected chi connectivity index (χ3v) is 9.72. The molecule has 5 heterocycles. The highest BCUT2D eigenvalue weighted by Crippen LogP contribution is 2.43. The second-order valence-electron chi connectivity index (χ2n) is 11.3. The van der Waals surface area contributed by atoms with E-state index in [0.717, 1.165) is 27.3 Å². The summed E-state index contributed by atoms with van der Waals surface area (Å²) in [6.07, 6.45) is 3.38. The monoisotopic (exact) mass is 626 g/mol. The molecule has 45 heavy (non-hydrogen) atoms. The third kappa shape index (κ3) is 4.61. The van der Waals surface area contributed by atoms with Crippen LogP contribution in [0.1, 0.15) is 35.0 Å². The fourth-order valence-corrected chi connectivity index (χ4v) is 6.55. The molecule has 0 atom stereocenters. The number of benzene rings is 2. The highest BCUT2D eigenvalue weighted by atomic mass is 32.2. The van der Waals surface area contributed by atoms with Crippen molar-refractivity contribution >= 4 is 43.4 Å². The van der Waals surface area contributed by atoms with Crippen LogP contribution in [-0.2, 0) is 23.0 Å². The zero-order valence-corrected chi connectivity index (χ0v) is 25.8. The fraction of sp³-hybridized carbons (Fsp3) is 0.206. The van der Waals surface area contributed by atoms with E-state index in [1.807, 2.05) is 22.8 Å². The summed E-state index contributed by atoms with van der Waals surface area (Å²) in [4.78, 5) is 22.5. The summed E-state index contributed by atoms with van der Waals surface area (Å²) >= 11 is 0. The molecule has 0 saturated heterocycles. The number of ketones is 1. The van der Waals surface area contributed by atoms with E-state index in [0.29, 0.717) is 40.7 Å². The molecular weight excluding hydrogens is 598 g/mol. The zero-order valence-electron chi connectivity index (χ0n) is 25.0. The van der Waals surface area contributed by atoms with E-state index in [-0.39, 0.29) is 51.9 Å². The number of hydrogen-bond donors (Lipinski definition) is 0. The fourth-order valence-electron chi connectivity index (χ4n) is 6.04. The van der Waals surface area contributed by atoms with Crippen LogP contribution in [0.15, 0.2) is 65.2 Å². The summed E-state index contributed by atoms with van der Waals surface area (Å²) in [6.45, 7) is 3.93. The van der Waals surface area contributed by atoms with E-state index in [1.165, 1.54) is 32.3 Å². The Morgan fingerprint density at radius 2 is 1.87 bits per heavy atom. The number of fused-ring (bicyclic) bond motifs is 6. The molecule has 0 aliphatic carbocycles. The predicted octanol–water partition coefficient (Wildman–Crippen LogP) is 7.31. The average Bonchev–Trinajstić information content (AvgIpc) is 3.60. The molecule has 0 spiro atoms. The molecule has 228 valence electrons. The van der Waals surface area contributed by atoms with Gasteiger partial charge in [0.1, 0.15) is 23.0 Å². The molecule has 0 bridgehead atoms. The number of nitrogens with zero attached hydrogens (tertiary/aromatic N) is 4. The molecule has 7 rings (SSSR count). The van der Waals surface area contributed by atoms with Gasteiger partial charge in [-0.1, -0.05) is 19.1 Å². The predicted molar refractivity (Wildman–Crippen MR) is 170 cm³/mol. The van der Waals surface area contributed by atoms with Crippen molar-refractivity contribution in [2.75, 3.05) is 17.6 Å². The van der Waals surface area contributed by atoms with Gasteiger partial charge in [-0.2, -0.15) is 0 Å². The van der Waals surface area contributed by atoms with E-state index in [2.05, 4.69) is 4.98 Å². The first-order chi connectivity index (χ1) is 21.5. The van der Waals surface area contributed by atoms with Crippen molar-refractivity contribution in [1.82, 2.24) is 14.5 Å². The molecule has 8 nitrogen and oxygen atoms in total. The summed E-state index contributed by atoms with van der Waals surface area (Å²) in [6, 6.07) is 15.1. The molecule has 0 fully saturated rings. The van der Waals surface area contributed by atoms with Crippen LogP contribution in [0.3, 0.4) is 0 Å². The van der Waals surface area contributed by atoms with Crippen LogP contribution in [0.25, 0.3) is 55.8 Å². The lowest BCUT2D eigenvalue weighted by atomic mass is 9.97. The van der Waals surface area contributed by atoms with Gasteiger partial charge in [0.05, 0.1) is 45.8 Å².